The lowest BCUT2D eigenvalue weighted by atomic mass is 10.2. The minimum Gasteiger partial charge on any atom is -0.444 e. The topological polar surface area (TPSA) is 91.0 Å². The van der Waals surface area contributed by atoms with Gasteiger partial charge in [-0.2, -0.15) is 10.1 Å². The monoisotopic (exact) mass is 369 g/mol. The van der Waals surface area contributed by atoms with Gasteiger partial charge in [0.05, 0.1) is 6.20 Å². The molecule has 0 fully saturated rings. The van der Waals surface area contributed by atoms with Crippen LogP contribution in [0.5, 0.6) is 0 Å². The van der Waals surface area contributed by atoms with Crippen LogP contribution in [0.15, 0.2) is 11.0 Å². The predicted molar refractivity (Wildman–Crippen MR) is 96.0 cm³/mol. The van der Waals surface area contributed by atoms with Crippen molar-refractivity contribution in [3.8, 4) is 0 Å². The second-order valence-electron chi connectivity index (χ2n) is 7.04. The number of carbonyl (C=O) groups is 1. The number of halogens is 1. The Morgan fingerprint density at radius 2 is 2.08 bits per heavy atom. The molecule has 2 aromatic heterocycles. The first-order chi connectivity index (χ1) is 11.6. The van der Waals surface area contributed by atoms with Gasteiger partial charge >= 0.3 is 6.09 Å². The first-order valence-electron chi connectivity index (χ1n) is 8.20. The van der Waals surface area contributed by atoms with Crippen molar-refractivity contribution >= 4 is 28.7 Å². The normalized spacial score (nSPS) is 12.0. The molecule has 0 unspecified atom stereocenters. The minimum absolute atomic E-state index is 0.0781. The third-order valence-corrected chi connectivity index (χ3v) is 3.67. The molecule has 0 saturated heterocycles. The van der Waals surface area contributed by atoms with Gasteiger partial charge in [-0.25, -0.2) is 9.48 Å². The van der Waals surface area contributed by atoms with Crippen molar-refractivity contribution in [3.63, 3.8) is 0 Å². The summed E-state index contributed by atoms with van der Waals surface area (Å²) in [5.41, 5.74) is -0.303. The average molecular weight is 370 g/mol. The molecule has 0 atom stereocenters. The molecule has 0 radical (unpaired) electrons. The van der Waals surface area contributed by atoms with Gasteiger partial charge in [-0.1, -0.05) is 0 Å². The van der Waals surface area contributed by atoms with Gasteiger partial charge in [-0.05, 0) is 52.6 Å². The number of ether oxygens (including phenoxy) is 1. The summed E-state index contributed by atoms with van der Waals surface area (Å²) in [4.78, 5) is 28.5. The average Bonchev–Trinajstić information content (AvgIpc) is 2.88. The zero-order valence-electron chi connectivity index (χ0n) is 15.2. The summed E-state index contributed by atoms with van der Waals surface area (Å²) >= 11 is 6.17. The second-order valence-corrected chi connectivity index (χ2v) is 7.38. The van der Waals surface area contributed by atoms with Gasteiger partial charge in [-0.15, -0.1) is 0 Å². The molecule has 1 N–H and O–H groups in total. The van der Waals surface area contributed by atoms with Crippen LogP contribution >= 0.6 is 11.6 Å². The van der Waals surface area contributed by atoms with Crippen LogP contribution in [-0.4, -0.2) is 37.6 Å². The highest BCUT2D eigenvalue weighted by molar-refractivity contribution is 6.28. The molecule has 138 valence electrons. The van der Waals surface area contributed by atoms with Gasteiger partial charge in [0.2, 0.25) is 5.28 Å². The van der Waals surface area contributed by atoms with Crippen molar-refractivity contribution in [2.75, 3.05) is 6.54 Å². The lowest BCUT2D eigenvalue weighted by molar-refractivity contribution is 0.0526. The number of nitrogens with zero attached hydrogens (tertiary/aromatic N) is 4. The standard InChI is InChI=1S/C16H24ClN5O3/c1-10(2)22-12-11(9-19-22)13(23)21(14(17)20-12)8-6-7-18-15(24)25-16(3,4)5/h9-10H,6-8H2,1-5H3,(H,18,24). The number of nitrogens with one attached hydrogen (secondary N) is 1. The van der Waals surface area contributed by atoms with Crippen LogP contribution in [0.4, 0.5) is 4.79 Å². The van der Waals surface area contributed by atoms with E-state index >= 15 is 0 Å². The number of aromatic nitrogens is 4. The predicted octanol–water partition coefficient (Wildman–Crippen LogP) is 2.74. The summed E-state index contributed by atoms with van der Waals surface area (Å²) in [5, 5.41) is 7.39. The molecule has 8 nitrogen and oxygen atoms in total. The summed E-state index contributed by atoms with van der Waals surface area (Å²) in [6.07, 6.45) is 1.54. The van der Waals surface area contributed by atoms with Gasteiger partial charge in [0, 0.05) is 19.1 Å². The Morgan fingerprint density at radius 1 is 1.40 bits per heavy atom. The summed E-state index contributed by atoms with van der Waals surface area (Å²) in [7, 11) is 0. The summed E-state index contributed by atoms with van der Waals surface area (Å²) in [5.74, 6) is 0. The summed E-state index contributed by atoms with van der Waals surface area (Å²) in [6.45, 7) is 9.99. The Bertz CT molecular complexity index is 820. The zero-order chi connectivity index (χ0) is 18.8. The molecule has 0 aliphatic carbocycles. The number of fused-ring (bicyclic) bond motifs is 1. The first-order valence-corrected chi connectivity index (χ1v) is 8.58. The highest BCUT2D eigenvalue weighted by Gasteiger charge is 2.17. The van der Waals surface area contributed by atoms with Gasteiger partial charge in [0.15, 0.2) is 5.65 Å². The van der Waals surface area contributed by atoms with Crippen molar-refractivity contribution < 1.29 is 9.53 Å². The van der Waals surface area contributed by atoms with E-state index in [0.29, 0.717) is 30.5 Å². The SMILES string of the molecule is CC(C)n1ncc2c(=O)n(CCCNC(=O)OC(C)(C)C)c(Cl)nc21. The maximum Gasteiger partial charge on any atom is 0.407 e. The van der Waals surface area contributed by atoms with Crippen LogP contribution in [0.2, 0.25) is 5.28 Å². The van der Waals surface area contributed by atoms with Crippen LogP contribution in [0.3, 0.4) is 0 Å². The molecule has 1 amide bonds. The highest BCUT2D eigenvalue weighted by atomic mass is 35.5. The Labute approximate surface area is 151 Å². The van der Waals surface area contributed by atoms with E-state index in [1.54, 1.807) is 25.5 Å². The summed E-state index contributed by atoms with van der Waals surface area (Å²) in [6, 6.07) is 0.0781. The van der Waals surface area contributed by atoms with E-state index < -0.39 is 11.7 Å². The Balaban J connectivity index is 2.05. The third-order valence-electron chi connectivity index (χ3n) is 3.38. The molecule has 0 aliphatic rings. The van der Waals surface area contributed by atoms with Gasteiger partial charge in [0.1, 0.15) is 11.0 Å². The largest absolute Gasteiger partial charge is 0.444 e. The van der Waals surface area contributed by atoms with E-state index in [2.05, 4.69) is 15.4 Å². The number of carbonyl (C=O) groups excluding carboxylic acids is 1. The maximum atomic E-state index is 12.6. The van der Waals surface area contributed by atoms with Crippen molar-refractivity contribution in [2.45, 2.75) is 59.2 Å². The molecular weight excluding hydrogens is 346 g/mol. The van der Waals surface area contributed by atoms with E-state index in [4.69, 9.17) is 16.3 Å². The van der Waals surface area contributed by atoms with E-state index in [0.717, 1.165) is 0 Å². The number of hydrogen-bond donors (Lipinski definition) is 1. The smallest absolute Gasteiger partial charge is 0.407 e. The third kappa shape index (κ3) is 4.72. The van der Waals surface area contributed by atoms with Gasteiger partial charge < -0.3 is 10.1 Å². The molecule has 2 heterocycles. The quantitative estimate of drug-likeness (QED) is 0.646. The molecule has 9 heteroatoms. The Morgan fingerprint density at radius 3 is 2.68 bits per heavy atom. The van der Waals surface area contributed by atoms with Crippen LogP contribution in [0.1, 0.15) is 47.1 Å². The molecule has 0 saturated carbocycles. The van der Waals surface area contributed by atoms with Crippen LogP contribution in [0, 0.1) is 0 Å². The number of alkyl carbamates (subject to hydrolysis) is 1. The van der Waals surface area contributed by atoms with E-state index in [9.17, 15) is 9.59 Å². The van der Waals surface area contributed by atoms with Gasteiger partial charge in [-0.3, -0.25) is 9.36 Å². The fourth-order valence-corrected chi connectivity index (χ4v) is 2.55. The van der Waals surface area contributed by atoms with E-state index in [1.165, 1.54) is 10.8 Å². The summed E-state index contributed by atoms with van der Waals surface area (Å²) < 4.78 is 8.20. The lowest BCUT2D eigenvalue weighted by Gasteiger charge is -2.19. The van der Waals surface area contributed by atoms with Crippen LogP contribution in [0.25, 0.3) is 11.0 Å². The maximum absolute atomic E-state index is 12.6. The van der Waals surface area contributed by atoms with E-state index in [-0.39, 0.29) is 16.9 Å². The molecule has 25 heavy (non-hydrogen) atoms. The van der Waals surface area contributed by atoms with Crippen molar-refractivity contribution in [2.24, 2.45) is 0 Å². The van der Waals surface area contributed by atoms with Crippen LogP contribution < -0.4 is 10.9 Å². The lowest BCUT2D eigenvalue weighted by Crippen LogP contribution is -2.33. The number of hydrogen-bond acceptors (Lipinski definition) is 5. The van der Waals surface area contributed by atoms with Crippen molar-refractivity contribution in [3.05, 3.63) is 21.8 Å². The Hall–Kier alpha value is -2.09. The Kier molecular flexibility index (Phi) is 5.72. The molecule has 0 aromatic carbocycles. The molecular formula is C16H24ClN5O3. The van der Waals surface area contributed by atoms with E-state index in [1.807, 2.05) is 13.8 Å². The van der Waals surface area contributed by atoms with Crippen LogP contribution in [-0.2, 0) is 11.3 Å². The molecule has 0 bridgehead atoms. The molecule has 2 aromatic rings. The van der Waals surface area contributed by atoms with Crippen molar-refractivity contribution in [1.29, 1.82) is 0 Å². The number of amides is 1. The number of rotatable bonds is 5. The molecule has 2 rings (SSSR count). The fraction of sp³-hybridized carbons (Fsp3) is 0.625. The minimum atomic E-state index is -0.546. The zero-order valence-corrected chi connectivity index (χ0v) is 15.9. The molecule has 0 spiro atoms. The fourth-order valence-electron chi connectivity index (χ4n) is 2.31. The molecule has 0 aliphatic heterocycles. The van der Waals surface area contributed by atoms with Crippen molar-refractivity contribution in [1.82, 2.24) is 24.6 Å². The first kappa shape index (κ1) is 19.2. The second kappa shape index (κ2) is 7.43. The highest BCUT2D eigenvalue weighted by Crippen LogP contribution is 2.15. The van der Waals surface area contributed by atoms with Gasteiger partial charge in [0.25, 0.3) is 5.56 Å².